The van der Waals surface area contributed by atoms with Crippen LogP contribution in [0.1, 0.15) is 18.4 Å². The second-order valence-corrected chi connectivity index (χ2v) is 5.78. The topological polar surface area (TPSA) is 33.7 Å². The molecule has 1 aromatic rings. The molecule has 20 heavy (non-hydrogen) atoms. The van der Waals surface area contributed by atoms with E-state index in [0.29, 0.717) is 13.2 Å². The Morgan fingerprint density at radius 1 is 1.25 bits per heavy atom. The summed E-state index contributed by atoms with van der Waals surface area (Å²) in [4.78, 5) is 2.19. The van der Waals surface area contributed by atoms with E-state index in [-0.39, 0.29) is 5.79 Å². The zero-order chi connectivity index (χ0) is 14.0. The minimum absolute atomic E-state index is 0.338. The lowest BCUT2D eigenvalue weighted by Crippen LogP contribution is -2.48. The lowest BCUT2D eigenvalue weighted by atomic mass is 10.0. The third-order valence-electron chi connectivity index (χ3n) is 3.90. The Kier molecular flexibility index (Phi) is 3.92. The average Bonchev–Trinajstić information content (AvgIpc) is 2.88. The fraction of sp³-hybridized carbons (Fsp3) is 0.533. The van der Waals surface area contributed by atoms with Crippen LogP contribution < -0.4 is 5.32 Å². The highest BCUT2D eigenvalue weighted by Gasteiger charge is 2.40. The van der Waals surface area contributed by atoms with Crippen molar-refractivity contribution in [1.82, 2.24) is 4.90 Å². The molecule has 108 valence electrons. The van der Waals surface area contributed by atoms with Crippen molar-refractivity contribution >= 4 is 23.0 Å². The van der Waals surface area contributed by atoms with E-state index in [9.17, 15) is 0 Å². The quantitative estimate of drug-likeness (QED) is 0.805. The maximum atomic E-state index is 5.73. The smallest absolute Gasteiger partial charge is 0.173 e. The van der Waals surface area contributed by atoms with Crippen molar-refractivity contribution in [2.75, 3.05) is 31.6 Å². The molecule has 2 aliphatic rings. The Bertz CT molecular complexity index is 490. The number of hydrogen-bond donors (Lipinski definition) is 1. The van der Waals surface area contributed by atoms with Gasteiger partial charge in [0.2, 0.25) is 0 Å². The molecule has 0 amide bonds. The molecule has 1 N–H and O–H groups in total. The number of piperidine rings is 1. The molecule has 0 aliphatic carbocycles. The van der Waals surface area contributed by atoms with Gasteiger partial charge < -0.3 is 19.7 Å². The number of hydrogen-bond acceptors (Lipinski definition) is 3. The zero-order valence-corrected chi connectivity index (χ0v) is 12.5. The predicted molar refractivity (Wildman–Crippen MR) is 82.8 cm³/mol. The first-order valence-electron chi connectivity index (χ1n) is 7.07. The number of benzene rings is 1. The second kappa shape index (κ2) is 5.68. The predicted octanol–water partition coefficient (Wildman–Crippen LogP) is 2.53. The number of anilines is 1. The van der Waals surface area contributed by atoms with Crippen LogP contribution in [0.4, 0.5) is 5.69 Å². The van der Waals surface area contributed by atoms with Crippen molar-refractivity contribution in [2.45, 2.75) is 25.6 Å². The number of nitrogens with zero attached hydrogens (tertiary/aromatic N) is 1. The number of likely N-dealkylation sites (tertiary alicyclic amines) is 1. The van der Waals surface area contributed by atoms with Gasteiger partial charge in [0.25, 0.3) is 0 Å². The lowest BCUT2D eigenvalue weighted by molar-refractivity contribution is -0.180. The summed E-state index contributed by atoms with van der Waals surface area (Å²) in [6, 6.07) is 8.24. The van der Waals surface area contributed by atoms with E-state index in [1.54, 1.807) is 0 Å². The molecule has 1 spiro atoms. The van der Waals surface area contributed by atoms with Crippen LogP contribution in [-0.4, -0.2) is 42.1 Å². The minimum Gasteiger partial charge on any atom is -0.349 e. The van der Waals surface area contributed by atoms with Gasteiger partial charge in [0.15, 0.2) is 10.9 Å². The van der Waals surface area contributed by atoms with Crippen molar-refractivity contribution in [2.24, 2.45) is 0 Å². The van der Waals surface area contributed by atoms with Crippen molar-refractivity contribution in [1.29, 1.82) is 0 Å². The minimum atomic E-state index is -0.338. The van der Waals surface area contributed by atoms with Crippen LogP contribution in [0.5, 0.6) is 0 Å². The van der Waals surface area contributed by atoms with E-state index < -0.39 is 0 Å². The summed E-state index contributed by atoms with van der Waals surface area (Å²) in [5, 5.41) is 4.09. The first-order valence-corrected chi connectivity index (χ1v) is 7.48. The molecule has 2 aliphatic heterocycles. The average molecular weight is 292 g/mol. The standard InChI is InChI=1S/C15H20N2O2S/c1-12-3-2-4-13(11-12)16-14(20)17-7-5-15(6-8-17)18-9-10-19-15/h2-4,11H,5-10H2,1H3,(H,16,20). The molecule has 2 fully saturated rings. The van der Waals surface area contributed by atoms with E-state index >= 15 is 0 Å². The van der Waals surface area contributed by atoms with Crippen molar-refractivity contribution in [3.8, 4) is 0 Å². The maximum Gasteiger partial charge on any atom is 0.173 e. The Morgan fingerprint density at radius 3 is 2.60 bits per heavy atom. The Morgan fingerprint density at radius 2 is 1.95 bits per heavy atom. The van der Waals surface area contributed by atoms with Gasteiger partial charge in [-0.2, -0.15) is 0 Å². The Labute approximate surface area is 125 Å². The fourth-order valence-electron chi connectivity index (χ4n) is 2.76. The molecule has 5 heteroatoms. The largest absolute Gasteiger partial charge is 0.349 e. The lowest BCUT2D eigenvalue weighted by Gasteiger charge is -2.38. The highest BCUT2D eigenvalue weighted by atomic mass is 32.1. The summed E-state index contributed by atoms with van der Waals surface area (Å²) in [5.41, 5.74) is 2.27. The number of nitrogens with one attached hydrogen (secondary N) is 1. The van der Waals surface area contributed by atoms with Crippen LogP contribution in [0.3, 0.4) is 0 Å². The molecule has 0 unspecified atom stereocenters. The summed E-state index contributed by atoms with van der Waals surface area (Å²) < 4.78 is 11.5. The van der Waals surface area contributed by atoms with Gasteiger partial charge in [0, 0.05) is 31.6 Å². The Hall–Kier alpha value is -1.17. The summed E-state index contributed by atoms with van der Waals surface area (Å²) in [7, 11) is 0. The first-order chi connectivity index (χ1) is 9.67. The molecular formula is C15H20N2O2S. The van der Waals surface area contributed by atoms with Gasteiger partial charge in [-0.25, -0.2) is 0 Å². The van der Waals surface area contributed by atoms with E-state index in [0.717, 1.165) is 36.7 Å². The van der Waals surface area contributed by atoms with Gasteiger partial charge in [-0.1, -0.05) is 12.1 Å². The Balaban J connectivity index is 1.56. The van der Waals surface area contributed by atoms with Gasteiger partial charge in [-0.05, 0) is 36.8 Å². The van der Waals surface area contributed by atoms with E-state index in [2.05, 4.69) is 29.3 Å². The van der Waals surface area contributed by atoms with Gasteiger partial charge in [-0.15, -0.1) is 0 Å². The second-order valence-electron chi connectivity index (χ2n) is 5.39. The van der Waals surface area contributed by atoms with E-state index in [1.165, 1.54) is 5.56 Å². The van der Waals surface area contributed by atoms with Crippen molar-refractivity contribution in [3.05, 3.63) is 29.8 Å². The molecule has 3 rings (SSSR count). The van der Waals surface area contributed by atoms with Crippen LogP contribution in [0.2, 0.25) is 0 Å². The molecule has 4 nitrogen and oxygen atoms in total. The summed E-state index contributed by atoms with van der Waals surface area (Å²) >= 11 is 5.50. The van der Waals surface area contributed by atoms with Gasteiger partial charge in [-0.3, -0.25) is 0 Å². The van der Waals surface area contributed by atoms with Crippen LogP contribution >= 0.6 is 12.2 Å². The number of ether oxygens (including phenoxy) is 2. The third-order valence-corrected chi connectivity index (χ3v) is 4.26. The molecule has 0 atom stereocenters. The molecule has 0 aromatic heterocycles. The van der Waals surface area contributed by atoms with Crippen LogP contribution in [-0.2, 0) is 9.47 Å². The summed E-state index contributed by atoms with van der Waals surface area (Å²) in [5.74, 6) is -0.338. The summed E-state index contributed by atoms with van der Waals surface area (Å²) in [6.07, 6.45) is 1.76. The van der Waals surface area contributed by atoms with E-state index in [4.69, 9.17) is 21.7 Å². The zero-order valence-electron chi connectivity index (χ0n) is 11.7. The highest BCUT2D eigenvalue weighted by molar-refractivity contribution is 7.80. The molecule has 1 aromatic carbocycles. The third kappa shape index (κ3) is 2.95. The molecular weight excluding hydrogens is 272 g/mol. The number of rotatable bonds is 1. The van der Waals surface area contributed by atoms with Crippen LogP contribution in [0, 0.1) is 6.92 Å². The summed E-state index contributed by atoms with van der Waals surface area (Å²) in [6.45, 7) is 5.25. The van der Waals surface area contributed by atoms with Crippen LogP contribution in [0.25, 0.3) is 0 Å². The monoisotopic (exact) mass is 292 g/mol. The van der Waals surface area contributed by atoms with Gasteiger partial charge in [0.1, 0.15) is 0 Å². The first kappa shape index (κ1) is 13.8. The fourth-order valence-corrected chi connectivity index (χ4v) is 3.06. The van der Waals surface area contributed by atoms with Crippen molar-refractivity contribution in [3.63, 3.8) is 0 Å². The molecule has 0 bridgehead atoms. The highest BCUT2D eigenvalue weighted by Crippen LogP contribution is 2.31. The van der Waals surface area contributed by atoms with Gasteiger partial charge in [0.05, 0.1) is 13.2 Å². The molecule has 2 saturated heterocycles. The SMILES string of the molecule is Cc1cccc(NC(=S)N2CCC3(CC2)OCCO3)c1. The molecule has 2 heterocycles. The van der Waals surface area contributed by atoms with E-state index in [1.807, 2.05) is 12.1 Å². The molecule has 0 radical (unpaired) electrons. The number of aryl methyl sites for hydroxylation is 1. The van der Waals surface area contributed by atoms with Crippen molar-refractivity contribution < 1.29 is 9.47 Å². The molecule has 0 saturated carbocycles. The van der Waals surface area contributed by atoms with Crippen LogP contribution in [0.15, 0.2) is 24.3 Å². The normalized spacial score (nSPS) is 21.1. The maximum absolute atomic E-state index is 5.73. The number of thiocarbonyl (C=S) groups is 1. The van der Waals surface area contributed by atoms with Gasteiger partial charge >= 0.3 is 0 Å².